The molecule has 0 fully saturated rings. The Hall–Kier alpha value is -0.610. The minimum Gasteiger partial charge on any atom is -0.387 e. The molecule has 1 aromatic carbocycles. The Balaban J connectivity index is 2.83. The normalized spacial score (nSPS) is 13.8. The first-order valence-electron chi connectivity index (χ1n) is 5.49. The Labute approximate surface area is 105 Å². The van der Waals surface area contributed by atoms with E-state index in [1.165, 1.54) is 30.8 Å². The summed E-state index contributed by atoms with van der Waals surface area (Å²) in [6.45, 7) is 7.53. The molecule has 0 saturated carbocycles. The third-order valence-electron chi connectivity index (χ3n) is 2.34. The van der Waals surface area contributed by atoms with Crippen LogP contribution in [0.3, 0.4) is 0 Å². The summed E-state index contributed by atoms with van der Waals surface area (Å²) >= 11 is 1.52. The molecule has 0 aliphatic carbocycles. The van der Waals surface area contributed by atoms with Crippen LogP contribution in [0.1, 0.15) is 38.0 Å². The molecule has 1 rings (SSSR count). The van der Waals surface area contributed by atoms with Crippen molar-refractivity contribution < 1.29 is 13.9 Å². The lowest BCUT2D eigenvalue weighted by Gasteiger charge is -2.20. The van der Waals surface area contributed by atoms with Gasteiger partial charge in [-0.05, 0) is 12.5 Å². The maximum absolute atomic E-state index is 13.6. The number of halogens is 2. The summed E-state index contributed by atoms with van der Waals surface area (Å²) in [6.07, 6.45) is -0.977. The average Bonchev–Trinajstić information content (AvgIpc) is 2.22. The third kappa shape index (κ3) is 3.96. The van der Waals surface area contributed by atoms with Crippen molar-refractivity contribution in [3.05, 3.63) is 34.9 Å². The van der Waals surface area contributed by atoms with Crippen molar-refractivity contribution in [2.45, 2.75) is 38.5 Å². The number of aliphatic hydroxyl groups is 1. The molecule has 0 bridgehead atoms. The number of hydrogen-bond donors (Lipinski definition) is 1. The van der Waals surface area contributed by atoms with Crippen LogP contribution in [-0.4, -0.2) is 15.6 Å². The van der Waals surface area contributed by atoms with Crippen molar-refractivity contribution in [2.24, 2.45) is 0 Å². The largest absolute Gasteiger partial charge is 0.387 e. The van der Waals surface area contributed by atoms with Crippen molar-refractivity contribution in [3.63, 3.8) is 0 Å². The van der Waals surface area contributed by atoms with Crippen LogP contribution in [0.5, 0.6) is 0 Å². The second-order valence-electron chi connectivity index (χ2n) is 5.04. The molecule has 0 heterocycles. The quantitative estimate of drug-likeness (QED) is 0.891. The zero-order valence-electron chi connectivity index (χ0n) is 10.6. The van der Waals surface area contributed by atoms with Gasteiger partial charge in [0.05, 0.1) is 6.10 Å². The molecule has 17 heavy (non-hydrogen) atoms. The van der Waals surface area contributed by atoms with Crippen LogP contribution in [0.15, 0.2) is 12.1 Å². The van der Waals surface area contributed by atoms with Gasteiger partial charge in [-0.15, -0.1) is 0 Å². The van der Waals surface area contributed by atoms with Gasteiger partial charge in [0.25, 0.3) is 0 Å². The first kappa shape index (κ1) is 14.5. The second-order valence-corrected chi connectivity index (χ2v) is 6.89. The number of aliphatic hydroxyl groups excluding tert-OH is 1. The van der Waals surface area contributed by atoms with E-state index < -0.39 is 17.7 Å². The van der Waals surface area contributed by atoms with E-state index in [9.17, 15) is 13.9 Å². The molecule has 0 saturated heterocycles. The Morgan fingerprint density at radius 3 is 2.35 bits per heavy atom. The predicted octanol–water partition coefficient (Wildman–Crippen LogP) is 3.84. The van der Waals surface area contributed by atoms with Crippen LogP contribution >= 0.6 is 11.8 Å². The van der Waals surface area contributed by atoms with E-state index >= 15 is 0 Å². The molecule has 1 N–H and O–H groups in total. The van der Waals surface area contributed by atoms with Gasteiger partial charge in [0, 0.05) is 16.1 Å². The number of benzene rings is 1. The van der Waals surface area contributed by atoms with E-state index in [4.69, 9.17) is 0 Å². The molecule has 1 aromatic rings. The Bertz CT molecular complexity index is 399. The lowest BCUT2D eigenvalue weighted by molar-refractivity contribution is 0.197. The smallest absolute Gasteiger partial charge is 0.164 e. The second kappa shape index (κ2) is 5.36. The first-order chi connectivity index (χ1) is 7.72. The Morgan fingerprint density at radius 1 is 1.24 bits per heavy atom. The molecule has 1 unspecified atom stereocenters. The molecule has 0 aromatic heterocycles. The van der Waals surface area contributed by atoms with Crippen LogP contribution in [0.2, 0.25) is 0 Å². The third-order valence-corrected chi connectivity index (χ3v) is 3.69. The fraction of sp³-hybridized carbons (Fsp3) is 0.538. The summed E-state index contributed by atoms with van der Waals surface area (Å²) in [5.41, 5.74) is 0.284. The van der Waals surface area contributed by atoms with E-state index in [0.29, 0.717) is 5.75 Å². The van der Waals surface area contributed by atoms with Crippen molar-refractivity contribution >= 4 is 11.8 Å². The molecule has 0 aliphatic heterocycles. The van der Waals surface area contributed by atoms with E-state index in [1.807, 2.05) is 20.8 Å². The zero-order chi connectivity index (χ0) is 13.2. The lowest BCUT2D eigenvalue weighted by Crippen LogP contribution is -2.13. The molecule has 1 nitrogen and oxygen atoms in total. The van der Waals surface area contributed by atoms with Gasteiger partial charge >= 0.3 is 0 Å². The minimum atomic E-state index is -0.977. The summed E-state index contributed by atoms with van der Waals surface area (Å²) < 4.78 is 26.9. The SMILES string of the molecule is Cc1ccc(C(O)CSC(C)(C)C)c(F)c1F. The number of thioether (sulfide) groups is 1. The number of aryl methyl sites for hydroxylation is 1. The molecule has 0 amide bonds. The molecule has 0 radical (unpaired) electrons. The van der Waals surface area contributed by atoms with Crippen molar-refractivity contribution in [3.8, 4) is 0 Å². The van der Waals surface area contributed by atoms with Crippen LogP contribution in [-0.2, 0) is 0 Å². The van der Waals surface area contributed by atoms with Gasteiger partial charge < -0.3 is 5.11 Å². The van der Waals surface area contributed by atoms with Crippen LogP contribution in [0.4, 0.5) is 8.78 Å². The van der Waals surface area contributed by atoms with Crippen LogP contribution in [0.25, 0.3) is 0 Å². The van der Waals surface area contributed by atoms with Crippen LogP contribution < -0.4 is 0 Å². The minimum absolute atomic E-state index is 0.0132. The topological polar surface area (TPSA) is 20.2 Å². The Morgan fingerprint density at radius 2 is 1.82 bits per heavy atom. The van der Waals surface area contributed by atoms with Crippen LogP contribution in [0, 0.1) is 18.6 Å². The number of hydrogen-bond acceptors (Lipinski definition) is 2. The maximum atomic E-state index is 13.6. The van der Waals surface area contributed by atoms with Gasteiger partial charge in [0.15, 0.2) is 11.6 Å². The highest BCUT2D eigenvalue weighted by molar-refractivity contribution is 8.00. The molecule has 1 atom stereocenters. The van der Waals surface area contributed by atoms with E-state index in [-0.39, 0.29) is 15.9 Å². The molecule has 0 aliphatic rings. The maximum Gasteiger partial charge on any atom is 0.164 e. The molecular formula is C13H18F2OS. The zero-order valence-corrected chi connectivity index (χ0v) is 11.4. The van der Waals surface area contributed by atoms with Crippen molar-refractivity contribution in [1.29, 1.82) is 0 Å². The summed E-state index contributed by atoms with van der Waals surface area (Å²) in [7, 11) is 0. The van der Waals surface area contributed by atoms with E-state index in [1.54, 1.807) is 0 Å². The van der Waals surface area contributed by atoms with Gasteiger partial charge in [0.2, 0.25) is 0 Å². The van der Waals surface area contributed by atoms with E-state index in [0.717, 1.165) is 0 Å². The predicted molar refractivity (Wildman–Crippen MR) is 68.3 cm³/mol. The van der Waals surface area contributed by atoms with Gasteiger partial charge in [0.1, 0.15) is 0 Å². The fourth-order valence-corrected chi connectivity index (χ4v) is 2.17. The van der Waals surface area contributed by atoms with Gasteiger partial charge in [-0.3, -0.25) is 0 Å². The fourth-order valence-electron chi connectivity index (χ4n) is 1.34. The van der Waals surface area contributed by atoms with Crippen molar-refractivity contribution in [2.75, 3.05) is 5.75 Å². The molecule has 96 valence electrons. The monoisotopic (exact) mass is 260 g/mol. The highest BCUT2D eigenvalue weighted by Crippen LogP contribution is 2.30. The van der Waals surface area contributed by atoms with Crippen molar-refractivity contribution in [1.82, 2.24) is 0 Å². The molecule has 4 heteroatoms. The van der Waals surface area contributed by atoms with Gasteiger partial charge in [-0.2, -0.15) is 11.8 Å². The number of rotatable bonds is 3. The summed E-state index contributed by atoms with van der Waals surface area (Å²) in [5, 5.41) is 9.85. The van der Waals surface area contributed by atoms with E-state index in [2.05, 4.69) is 0 Å². The highest BCUT2D eigenvalue weighted by atomic mass is 32.2. The van der Waals surface area contributed by atoms with Gasteiger partial charge in [-0.1, -0.05) is 32.9 Å². The Kier molecular flexibility index (Phi) is 4.55. The summed E-state index contributed by atoms with van der Waals surface area (Å²) in [5.74, 6) is -1.46. The summed E-state index contributed by atoms with van der Waals surface area (Å²) in [4.78, 5) is 0. The first-order valence-corrected chi connectivity index (χ1v) is 6.47. The lowest BCUT2D eigenvalue weighted by atomic mass is 10.1. The average molecular weight is 260 g/mol. The highest BCUT2D eigenvalue weighted by Gasteiger charge is 2.20. The standard InChI is InChI=1S/C13H18F2OS/c1-8-5-6-9(12(15)11(8)14)10(16)7-17-13(2,3)4/h5-6,10,16H,7H2,1-4H3. The summed E-state index contributed by atoms with van der Waals surface area (Å²) in [6, 6.07) is 2.93. The molecular weight excluding hydrogens is 242 g/mol. The molecule has 0 spiro atoms. The van der Waals surface area contributed by atoms with Gasteiger partial charge in [-0.25, -0.2) is 8.78 Å².